The van der Waals surface area contributed by atoms with Crippen LogP contribution in [0.15, 0.2) is 0 Å². The molecule has 4 unspecified atom stereocenters. The van der Waals surface area contributed by atoms with Gasteiger partial charge in [-0.1, -0.05) is 27.7 Å². The molecule has 3 fully saturated rings. The Morgan fingerprint density at radius 1 is 1.00 bits per heavy atom. The van der Waals surface area contributed by atoms with Gasteiger partial charge in [-0.05, 0) is 25.2 Å². The van der Waals surface area contributed by atoms with Gasteiger partial charge >= 0.3 is 0 Å². The van der Waals surface area contributed by atoms with Gasteiger partial charge in [-0.25, -0.2) is 0 Å². The molecule has 3 rings (SSSR count). The standard InChI is InChI=1S/C7H10O3S.2C2H6/c8-11(9)7-3-4-1-5(7)6(2-4)10-11;2*1-2/h4-7H,1-3H2;2*1-2H3. The number of hydrogen-bond acceptors (Lipinski definition) is 3. The molecule has 2 saturated carbocycles. The summed E-state index contributed by atoms with van der Waals surface area (Å²) in [7, 11) is -3.13. The highest BCUT2D eigenvalue weighted by atomic mass is 32.2. The molecule has 0 aromatic rings. The van der Waals surface area contributed by atoms with Crippen LogP contribution in [0.3, 0.4) is 0 Å². The van der Waals surface area contributed by atoms with Crippen LogP contribution in [0.25, 0.3) is 0 Å². The molecule has 0 aromatic carbocycles. The van der Waals surface area contributed by atoms with E-state index < -0.39 is 10.1 Å². The number of fused-ring (bicyclic) bond motifs is 1. The fourth-order valence-corrected chi connectivity index (χ4v) is 4.84. The zero-order chi connectivity index (χ0) is 11.6. The van der Waals surface area contributed by atoms with Crippen LogP contribution in [0.2, 0.25) is 0 Å². The molecule has 4 heteroatoms. The molecule has 0 N–H and O–H groups in total. The van der Waals surface area contributed by atoms with Crippen LogP contribution in [0.1, 0.15) is 47.0 Å². The first kappa shape index (κ1) is 13.0. The van der Waals surface area contributed by atoms with E-state index in [2.05, 4.69) is 0 Å². The minimum absolute atomic E-state index is 0.0590. The highest BCUT2D eigenvalue weighted by molar-refractivity contribution is 7.87. The van der Waals surface area contributed by atoms with Crippen molar-refractivity contribution in [2.75, 3.05) is 0 Å². The summed E-state index contributed by atoms with van der Waals surface area (Å²) in [5.74, 6) is 0.997. The summed E-state index contributed by atoms with van der Waals surface area (Å²) in [5.41, 5.74) is 0. The molecule has 1 aliphatic heterocycles. The van der Waals surface area contributed by atoms with Gasteiger partial charge in [-0.15, -0.1) is 0 Å². The Morgan fingerprint density at radius 3 is 2.00 bits per heavy atom. The monoisotopic (exact) mass is 234 g/mol. The molecule has 1 heterocycles. The first-order chi connectivity index (χ1) is 7.17. The summed E-state index contributed by atoms with van der Waals surface area (Å²) in [4.78, 5) is 0. The summed E-state index contributed by atoms with van der Waals surface area (Å²) < 4.78 is 27.5. The molecule has 2 aliphatic carbocycles. The predicted molar refractivity (Wildman–Crippen MR) is 61.1 cm³/mol. The van der Waals surface area contributed by atoms with Gasteiger partial charge < -0.3 is 0 Å². The molecule has 0 amide bonds. The maximum atomic E-state index is 11.3. The number of hydrogen-bond donors (Lipinski definition) is 0. The van der Waals surface area contributed by atoms with Crippen LogP contribution in [0.5, 0.6) is 0 Å². The van der Waals surface area contributed by atoms with Gasteiger partial charge in [-0.3, -0.25) is 4.18 Å². The van der Waals surface area contributed by atoms with Crippen molar-refractivity contribution in [3.63, 3.8) is 0 Å². The Balaban J connectivity index is 0.000000255. The Kier molecular flexibility index (Phi) is 4.18. The third-order valence-corrected chi connectivity index (χ3v) is 5.12. The van der Waals surface area contributed by atoms with E-state index in [0.717, 1.165) is 19.3 Å². The van der Waals surface area contributed by atoms with E-state index in [4.69, 9.17) is 4.18 Å². The van der Waals surface area contributed by atoms with Gasteiger partial charge in [0.15, 0.2) is 0 Å². The fraction of sp³-hybridized carbons (Fsp3) is 1.00. The molecule has 90 valence electrons. The van der Waals surface area contributed by atoms with Gasteiger partial charge in [-0.2, -0.15) is 8.42 Å². The average Bonchev–Trinajstić information content (AvgIpc) is 2.84. The lowest BCUT2D eigenvalue weighted by Crippen LogP contribution is -2.21. The van der Waals surface area contributed by atoms with Crippen molar-refractivity contribution in [2.45, 2.75) is 58.3 Å². The summed E-state index contributed by atoms with van der Waals surface area (Å²) in [6.07, 6.45) is 3.00. The zero-order valence-corrected chi connectivity index (χ0v) is 10.9. The molecule has 2 bridgehead atoms. The SMILES string of the molecule is CC.CC.O=S1(=O)OC2CC3CC2C1C3. The van der Waals surface area contributed by atoms with Crippen LogP contribution in [-0.4, -0.2) is 19.8 Å². The van der Waals surface area contributed by atoms with Gasteiger partial charge in [0.1, 0.15) is 0 Å². The second-order valence-electron chi connectivity index (χ2n) is 3.90. The van der Waals surface area contributed by atoms with E-state index in [9.17, 15) is 8.42 Å². The lowest BCUT2D eigenvalue weighted by Gasteiger charge is -2.11. The summed E-state index contributed by atoms with van der Waals surface area (Å²) in [6.45, 7) is 8.00. The van der Waals surface area contributed by atoms with E-state index in [0.29, 0.717) is 11.8 Å². The summed E-state index contributed by atoms with van der Waals surface area (Å²) in [5, 5.41) is -0.133. The van der Waals surface area contributed by atoms with Crippen molar-refractivity contribution in [3.8, 4) is 0 Å². The molecule has 15 heavy (non-hydrogen) atoms. The predicted octanol–water partition coefficient (Wildman–Crippen LogP) is 2.57. The van der Waals surface area contributed by atoms with Crippen molar-refractivity contribution < 1.29 is 12.6 Å². The fourth-order valence-electron chi connectivity index (χ4n) is 2.91. The molecule has 4 atom stereocenters. The van der Waals surface area contributed by atoms with Gasteiger partial charge in [0.25, 0.3) is 10.1 Å². The molecule has 0 radical (unpaired) electrons. The molecule has 3 aliphatic rings. The summed E-state index contributed by atoms with van der Waals surface area (Å²) in [6, 6.07) is 0. The van der Waals surface area contributed by atoms with Crippen molar-refractivity contribution >= 4 is 10.1 Å². The van der Waals surface area contributed by atoms with Crippen molar-refractivity contribution in [1.82, 2.24) is 0 Å². The van der Waals surface area contributed by atoms with E-state index in [1.54, 1.807) is 0 Å². The molecular weight excluding hydrogens is 212 g/mol. The Labute approximate surface area is 93.3 Å². The van der Waals surface area contributed by atoms with Crippen LogP contribution >= 0.6 is 0 Å². The maximum Gasteiger partial charge on any atom is 0.270 e. The van der Waals surface area contributed by atoms with Crippen LogP contribution in [0.4, 0.5) is 0 Å². The van der Waals surface area contributed by atoms with Crippen molar-refractivity contribution in [2.24, 2.45) is 11.8 Å². The lowest BCUT2D eigenvalue weighted by molar-refractivity contribution is 0.196. The van der Waals surface area contributed by atoms with Gasteiger partial charge in [0.05, 0.1) is 11.4 Å². The minimum Gasteiger partial charge on any atom is -0.266 e. The third kappa shape index (κ3) is 2.07. The molecular formula is C11H22O3S. The summed E-state index contributed by atoms with van der Waals surface area (Å²) >= 11 is 0. The van der Waals surface area contributed by atoms with E-state index in [1.807, 2.05) is 27.7 Å². The zero-order valence-electron chi connectivity index (χ0n) is 10.1. The second kappa shape index (κ2) is 4.83. The molecule has 0 spiro atoms. The maximum absolute atomic E-state index is 11.3. The first-order valence-corrected chi connectivity index (χ1v) is 7.56. The first-order valence-electron chi connectivity index (χ1n) is 6.09. The second-order valence-corrected chi connectivity index (χ2v) is 5.69. The normalized spacial score (nSPS) is 42.7. The third-order valence-electron chi connectivity index (χ3n) is 3.32. The highest BCUT2D eigenvalue weighted by Gasteiger charge is 2.59. The largest absolute Gasteiger partial charge is 0.270 e. The Hall–Kier alpha value is -0.0900. The van der Waals surface area contributed by atoms with Gasteiger partial charge in [0, 0.05) is 5.92 Å². The quantitative estimate of drug-likeness (QED) is 0.605. The lowest BCUT2D eigenvalue weighted by atomic mass is 9.98. The van der Waals surface area contributed by atoms with E-state index in [1.165, 1.54) is 0 Å². The van der Waals surface area contributed by atoms with E-state index in [-0.39, 0.29) is 11.4 Å². The molecule has 0 aromatic heterocycles. The average molecular weight is 234 g/mol. The Morgan fingerprint density at radius 2 is 1.60 bits per heavy atom. The van der Waals surface area contributed by atoms with Gasteiger partial charge in [0.2, 0.25) is 0 Å². The highest BCUT2D eigenvalue weighted by Crippen LogP contribution is 2.54. The van der Waals surface area contributed by atoms with Crippen LogP contribution < -0.4 is 0 Å². The topological polar surface area (TPSA) is 43.4 Å². The van der Waals surface area contributed by atoms with Crippen molar-refractivity contribution in [1.29, 1.82) is 0 Å². The molecule has 3 nitrogen and oxygen atoms in total. The van der Waals surface area contributed by atoms with Crippen LogP contribution in [-0.2, 0) is 14.3 Å². The molecule has 1 saturated heterocycles. The van der Waals surface area contributed by atoms with Crippen molar-refractivity contribution in [3.05, 3.63) is 0 Å². The minimum atomic E-state index is -3.13. The Bertz CT molecular complexity index is 295. The van der Waals surface area contributed by atoms with E-state index >= 15 is 0 Å². The van der Waals surface area contributed by atoms with Crippen LogP contribution in [0, 0.1) is 11.8 Å². The smallest absolute Gasteiger partial charge is 0.266 e. The number of rotatable bonds is 0.